The van der Waals surface area contributed by atoms with Crippen LogP contribution in [-0.2, 0) is 4.79 Å². The lowest BCUT2D eigenvalue weighted by atomic mass is 10.1. The molecule has 0 spiro atoms. The van der Waals surface area contributed by atoms with Crippen molar-refractivity contribution in [2.75, 3.05) is 11.9 Å². The van der Waals surface area contributed by atoms with Crippen LogP contribution in [0.25, 0.3) is 6.08 Å². The Morgan fingerprint density at radius 1 is 1.31 bits per heavy atom. The molecule has 2 aromatic carbocycles. The van der Waals surface area contributed by atoms with Crippen LogP contribution in [0.3, 0.4) is 0 Å². The highest BCUT2D eigenvalue weighted by atomic mass is 35.5. The van der Waals surface area contributed by atoms with Gasteiger partial charge in [-0.2, -0.15) is 5.26 Å². The van der Waals surface area contributed by atoms with E-state index in [2.05, 4.69) is 5.32 Å². The zero-order valence-electron chi connectivity index (χ0n) is 16.5. The number of nitriles is 1. The highest BCUT2D eigenvalue weighted by Gasteiger charge is 2.16. The van der Waals surface area contributed by atoms with Gasteiger partial charge in [0.25, 0.3) is 5.91 Å². The van der Waals surface area contributed by atoms with Crippen molar-refractivity contribution in [3.05, 3.63) is 52.6 Å². The maximum absolute atomic E-state index is 12.4. The second-order valence-corrected chi connectivity index (χ2v) is 6.68. The summed E-state index contributed by atoms with van der Waals surface area (Å²) >= 11 is 6.38. The Labute approximate surface area is 175 Å². The first kappa shape index (κ1) is 22.1. The van der Waals surface area contributed by atoms with Gasteiger partial charge in [-0.15, -0.1) is 0 Å². The van der Waals surface area contributed by atoms with E-state index in [1.807, 2.05) is 26.8 Å². The summed E-state index contributed by atoms with van der Waals surface area (Å²) in [4.78, 5) is 12.4. The van der Waals surface area contributed by atoms with Crippen LogP contribution < -0.4 is 14.8 Å². The fourth-order valence-corrected chi connectivity index (χ4v) is 2.66. The van der Waals surface area contributed by atoms with Crippen molar-refractivity contribution < 1.29 is 19.4 Å². The van der Waals surface area contributed by atoms with Gasteiger partial charge in [0.15, 0.2) is 11.5 Å². The molecule has 2 aromatic rings. The summed E-state index contributed by atoms with van der Waals surface area (Å²) in [7, 11) is 0. The summed E-state index contributed by atoms with van der Waals surface area (Å²) in [5.74, 6) is 0.388. The van der Waals surface area contributed by atoms with Crippen LogP contribution in [-0.4, -0.2) is 23.7 Å². The van der Waals surface area contributed by atoms with Gasteiger partial charge in [0.05, 0.1) is 17.7 Å². The molecular formula is C22H23ClN2O4. The van der Waals surface area contributed by atoms with Gasteiger partial charge in [0.2, 0.25) is 0 Å². The normalized spacial score (nSPS) is 12.0. The molecule has 0 heterocycles. The minimum Gasteiger partial charge on any atom is -0.508 e. The van der Waals surface area contributed by atoms with Crippen molar-refractivity contribution >= 4 is 29.3 Å². The molecule has 6 nitrogen and oxygen atoms in total. The highest BCUT2D eigenvalue weighted by Crippen LogP contribution is 2.38. The molecule has 0 bridgehead atoms. The minimum absolute atomic E-state index is 0.0427. The van der Waals surface area contributed by atoms with Gasteiger partial charge in [0.1, 0.15) is 17.4 Å². The van der Waals surface area contributed by atoms with E-state index >= 15 is 0 Å². The maximum Gasteiger partial charge on any atom is 0.266 e. The topological polar surface area (TPSA) is 91.6 Å². The standard InChI is InChI=1S/C22H23ClN2O4/c1-4-14(3)29-21-19(23)11-15(12-20(21)28-5-2)10-16(13-24)22(27)25-17-6-8-18(26)9-7-17/h6-12,14,26H,4-5H2,1-3H3,(H,25,27). The Morgan fingerprint density at radius 3 is 2.59 bits per heavy atom. The summed E-state index contributed by atoms with van der Waals surface area (Å²) in [6.45, 7) is 6.19. The quantitative estimate of drug-likeness (QED) is 0.353. The number of hydrogen-bond acceptors (Lipinski definition) is 5. The second-order valence-electron chi connectivity index (χ2n) is 6.27. The zero-order valence-corrected chi connectivity index (χ0v) is 17.3. The van der Waals surface area contributed by atoms with Gasteiger partial charge >= 0.3 is 0 Å². The van der Waals surface area contributed by atoms with E-state index in [9.17, 15) is 15.2 Å². The molecule has 2 N–H and O–H groups in total. The Kier molecular flexibility index (Phi) is 7.93. The number of phenols is 1. The van der Waals surface area contributed by atoms with E-state index < -0.39 is 5.91 Å². The average Bonchev–Trinajstić information content (AvgIpc) is 2.70. The van der Waals surface area contributed by atoms with Crippen molar-refractivity contribution in [1.29, 1.82) is 5.26 Å². The van der Waals surface area contributed by atoms with E-state index in [1.165, 1.54) is 30.3 Å². The average molecular weight is 415 g/mol. The summed E-state index contributed by atoms with van der Waals surface area (Å²) in [6.07, 6.45) is 2.19. The summed E-state index contributed by atoms with van der Waals surface area (Å²) in [5.41, 5.74) is 0.888. The van der Waals surface area contributed by atoms with Crippen LogP contribution in [0.5, 0.6) is 17.2 Å². The number of rotatable bonds is 8. The number of anilines is 1. The van der Waals surface area contributed by atoms with Crippen LogP contribution in [0.2, 0.25) is 5.02 Å². The predicted molar refractivity (Wildman–Crippen MR) is 113 cm³/mol. The van der Waals surface area contributed by atoms with Gasteiger partial charge in [-0.1, -0.05) is 18.5 Å². The first-order valence-corrected chi connectivity index (χ1v) is 9.60. The third kappa shape index (κ3) is 6.16. The SMILES string of the molecule is CCOc1cc(C=C(C#N)C(=O)Nc2ccc(O)cc2)cc(Cl)c1OC(C)CC. The van der Waals surface area contributed by atoms with Crippen molar-refractivity contribution in [2.24, 2.45) is 0 Å². The molecule has 1 atom stereocenters. The molecule has 0 fully saturated rings. The number of ether oxygens (including phenoxy) is 2. The van der Waals surface area contributed by atoms with Crippen LogP contribution in [0.1, 0.15) is 32.8 Å². The van der Waals surface area contributed by atoms with Crippen molar-refractivity contribution in [2.45, 2.75) is 33.3 Å². The van der Waals surface area contributed by atoms with Crippen LogP contribution in [0.15, 0.2) is 42.0 Å². The van der Waals surface area contributed by atoms with E-state index in [4.69, 9.17) is 21.1 Å². The fraction of sp³-hybridized carbons (Fsp3) is 0.273. The number of phenolic OH excluding ortho intramolecular Hbond substituents is 1. The van der Waals surface area contributed by atoms with Crippen LogP contribution >= 0.6 is 11.6 Å². The van der Waals surface area contributed by atoms with Gasteiger partial charge < -0.3 is 19.9 Å². The summed E-state index contributed by atoms with van der Waals surface area (Å²) in [6, 6.07) is 11.1. The molecule has 0 saturated carbocycles. The molecule has 0 aliphatic carbocycles. The van der Waals surface area contributed by atoms with E-state index in [0.717, 1.165) is 6.42 Å². The van der Waals surface area contributed by atoms with Crippen LogP contribution in [0, 0.1) is 11.3 Å². The molecule has 0 radical (unpaired) electrons. The monoisotopic (exact) mass is 414 g/mol. The molecule has 29 heavy (non-hydrogen) atoms. The van der Waals surface area contributed by atoms with Crippen molar-refractivity contribution in [3.8, 4) is 23.3 Å². The third-order valence-corrected chi connectivity index (χ3v) is 4.31. The third-order valence-electron chi connectivity index (χ3n) is 4.03. The first-order valence-electron chi connectivity index (χ1n) is 9.23. The second kappa shape index (κ2) is 10.4. The minimum atomic E-state index is -0.577. The fourth-order valence-electron chi connectivity index (χ4n) is 2.39. The van der Waals surface area contributed by atoms with Crippen LogP contribution in [0.4, 0.5) is 5.69 Å². The number of benzene rings is 2. The molecular weight excluding hydrogens is 392 g/mol. The summed E-state index contributed by atoms with van der Waals surface area (Å²) in [5, 5.41) is 21.7. The van der Waals surface area contributed by atoms with Gasteiger partial charge in [-0.3, -0.25) is 4.79 Å². The van der Waals surface area contributed by atoms with Crippen molar-refractivity contribution in [3.63, 3.8) is 0 Å². The number of nitrogens with zero attached hydrogens (tertiary/aromatic N) is 1. The zero-order chi connectivity index (χ0) is 21.4. The van der Waals surface area contributed by atoms with Gasteiger partial charge in [-0.05, 0) is 68.3 Å². The molecule has 0 aliphatic rings. The van der Waals surface area contributed by atoms with Gasteiger partial charge in [-0.25, -0.2) is 0 Å². The number of carbonyl (C=O) groups excluding carboxylic acids is 1. The molecule has 0 aromatic heterocycles. The first-order chi connectivity index (χ1) is 13.9. The molecule has 1 amide bonds. The Hall–Kier alpha value is -3.17. The lowest BCUT2D eigenvalue weighted by molar-refractivity contribution is -0.112. The molecule has 0 aliphatic heterocycles. The molecule has 0 saturated heterocycles. The molecule has 152 valence electrons. The number of aromatic hydroxyl groups is 1. The molecule has 7 heteroatoms. The molecule has 2 rings (SSSR count). The number of carbonyl (C=O) groups is 1. The number of hydrogen-bond donors (Lipinski definition) is 2. The number of nitrogens with one attached hydrogen (secondary N) is 1. The Balaban J connectivity index is 2.33. The predicted octanol–water partition coefficient (Wildman–Crippen LogP) is 5.17. The van der Waals surface area contributed by atoms with E-state index in [-0.39, 0.29) is 17.4 Å². The smallest absolute Gasteiger partial charge is 0.266 e. The van der Waals surface area contributed by atoms with E-state index in [1.54, 1.807) is 12.1 Å². The van der Waals surface area contributed by atoms with Gasteiger partial charge in [0, 0.05) is 5.69 Å². The van der Waals surface area contributed by atoms with E-state index in [0.29, 0.717) is 34.4 Å². The number of amides is 1. The molecule has 1 unspecified atom stereocenters. The maximum atomic E-state index is 12.4. The Bertz CT molecular complexity index is 933. The van der Waals surface area contributed by atoms with Crippen molar-refractivity contribution in [1.82, 2.24) is 0 Å². The summed E-state index contributed by atoms with van der Waals surface area (Å²) < 4.78 is 11.5. The lowest BCUT2D eigenvalue weighted by Crippen LogP contribution is -2.13. The largest absolute Gasteiger partial charge is 0.508 e. The number of halogens is 1. The Morgan fingerprint density at radius 2 is 2.00 bits per heavy atom. The lowest BCUT2D eigenvalue weighted by Gasteiger charge is -2.18. The highest BCUT2D eigenvalue weighted by molar-refractivity contribution is 6.32.